The third-order valence-electron chi connectivity index (χ3n) is 6.50. The molecule has 0 bridgehead atoms. The van der Waals surface area contributed by atoms with Gasteiger partial charge in [0.2, 0.25) is 0 Å². The van der Waals surface area contributed by atoms with Crippen molar-refractivity contribution < 1.29 is 13.9 Å². The Morgan fingerprint density at radius 3 is 2.55 bits per heavy atom. The fraction of sp³-hybridized carbons (Fsp3) is 0.615. The summed E-state index contributed by atoms with van der Waals surface area (Å²) in [4.78, 5) is 0. The molecule has 7 heteroatoms. The monoisotopic (exact) mass is 469 g/mol. The van der Waals surface area contributed by atoms with E-state index in [1.807, 2.05) is 12.3 Å². The molecule has 1 aliphatic heterocycles. The second kappa shape index (κ2) is 10.1. The maximum absolute atomic E-state index is 6.17. The molecule has 0 amide bonds. The molecule has 2 aromatic rings. The van der Waals surface area contributed by atoms with Crippen LogP contribution in [0.15, 0.2) is 24.4 Å². The van der Waals surface area contributed by atoms with Crippen molar-refractivity contribution in [2.24, 2.45) is 5.41 Å². The molecular weight excluding hydrogens is 430 g/mol. The fourth-order valence-electron chi connectivity index (χ4n) is 3.28. The van der Waals surface area contributed by atoms with E-state index in [2.05, 4.69) is 88.9 Å². The smallest absolute Gasteiger partial charge is 0.193 e. The number of benzene rings is 1. The van der Waals surface area contributed by atoms with Gasteiger partial charge in [-0.15, -0.1) is 5.10 Å². The summed E-state index contributed by atoms with van der Waals surface area (Å²) in [5, 5.41) is 8.87. The van der Waals surface area contributed by atoms with Crippen LogP contribution in [0.25, 0.3) is 11.3 Å². The molecule has 6 nitrogen and oxygen atoms in total. The van der Waals surface area contributed by atoms with E-state index in [0.717, 1.165) is 23.2 Å². The van der Waals surface area contributed by atoms with Crippen LogP contribution in [0, 0.1) is 17.3 Å². The lowest BCUT2D eigenvalue weighted by Gasteiger charge is -2.35. The van der Waals surface area contributed by atoms with Crippen LogP contribution in [-0.2, 0) is 26.9 Å². The summed E-state index contributed by atoms with van der Waals surface area (Å²) in [6, 6.07) is 6.27. The van der Waals surface area contributed by atoms with Crippen molar-refractivity contribution in [1.29, 1.82) is 0 Å². The van der Waals surface area contributed by atoms with Crippen LogP contribution in [0.5, 0.6) is 0 Å². The van der Waals surface area contributed by atoms with Crippen LogP contribution in [0.2, 0.25) is 18.1 Å². The molecule has 2 heterocycles. The number of aryl methyl sites for hydroxylation is 1. The van der Waals surface area contributed by atoms with Crippen LogP contribution < -0.4 is 0 Å². The van der Waals surface area contributed by atoms with Gasteiger partial charge in [-0.05, 0) is 42.2 Å². The summed E-state index contributed by atoms with van der Waals surface area (Å²) in [6.45, 7) is 20.0. The molecule has 0 unspecified atom stereocenters. The van der Waals surface area contributed by atoms with Gasteiger partial charge in [0.05, 0.1) is 32.6 Å². The average Bonchev–Trinajstić information content (AvgIpc) is 3.20. The number of nitrogens with zero attached hydrogens (tertiary/aromatic N) is 3. The molecule has 33 heavy (non-hydrogen) atoms. The zero-order valence-electron chi connectivity index (χ0n) is 21.5. The predicted octanol–water partition coefficient (Wildman–Crippen LogP) is 5.28. The molecule has 0 spiro atoms. The lowest BCUT2D eigenvalue weighted by atomic mass is 9.96. The molecule has 1 aromatic heterocycles. The largest absolute Gasteiger partial charge is 0.406 e. The van der Waals surface area contributed by atoms with E-state index in [0.29, 0.717) is 26.4 Å². The lowest BCUT2D eigenvalue weighted by Crippen LogP contribution is -2.40. The highest BCUT2D eigenvalue weighted by Gasteiger charge is 2.36. The van der Waals surface area contributed by atoms with Gasteiger partial charge in [0, 0.05) is 16.5 Å². The second-order valence-corrected chi connectivity index (χ2v) is 15.9. The number of ether oxygens (including phenoxy) is 2. The number of hydrogen-bond donors (Lipinski definition) is 0. The van der Waals surface area contributed by atoms with Crippen LogP contribution in [0.3, 0.4) is 0 Å². The Kier molecular flexibility index (Phi) is 7.85. The molecule has 1 aliphatic rings. The Hall–Kier alpha value is -1.98. The SMILES string of the molecule is CCc1cc(C#CCO[Si](C)(C)C(C)(C)C)ccc1-c1cn(CC2OCC(C)(C)CO2)nn1. The highest BCUT2D eigenvalue weighted by Crippen LogP contribution is 2.36. The topological polar surface area (TPSA) is 58.4 Å². The van der Waals surface area contributed by atoms with Crippen LogP contribution in [0.4, 0.5) is 0 Å². The normalized spacial score (nSPS) is 17.0. The Balaban J connectivity index is 1.65. The van der Waals surface area contributed by atoms with Gasteiger partial charge in [0.25, 0.3) is 0 Å². The summed E-state index contributed by atoms with van der Waals surface area (Å²) in [5.74, 6) is 6.46. The molecule has 0 atom stereocenters. The summed E-state index contributed by atoms with van der Waals surface area (Å²) in [7, 11) is -1.77. The van der Waals surface area contributed by atoms with E-state index < -0.39 is 8.32 Å². The van der Waals surface area contributed by atoms with E-state index in [9.17, 15) is 0 Å². The standard InChI is InChI=1S/C26H39N3O3Si/c1-9-21-15-20(11-10-14-32-33(7,8)25(2,3)4)12-13-22(21)23-16-29(28-27-23)17-24-30-18-26(5,6)19-31-24/h12-13,15-16,24H,9,14,17-19H2,1-8H3. The molecule has 3 rings (SSSR count). The third kappa shape index (κ3) is 6.76. The predicted molar refractivity (Wildman–Crippen MR) is 134 cm³/mol. The van der Waals surface area contributed by atoms with E-state index in [1.165, 1.54) is 5.56 Å². The maximum Gasteiger partial charge on any atom is 0.193 e. The van der Waals surface area contributed by atoms with Gasteiger partial charge in [0.1, 0.15) is 5.69 Å². The minimum atomic E-state index is -1.77. The Labute approximate surface area is 200 Å². The minimum Gasteiger partial charge on any atom is -0.406 e. The molecule has 0 saturated carbocycles. The molecule has 0 radical (unpaired) electrons. The summed E-state index contributed by atoms with van der Waals surface area (Å²) in [5.41, 5.74) is 4.18. The number of rotatable bonds is 6. The first-order chi connectivity index (χ1) is 15.4. The van der Waals surface area contributed by atoms with Crippen LogP contribution in [-0.4, -0.2) is 49.4 Å². The minimum absolute atomic E-state index is 0.0571. The first kappa shape index (κ1) is 25.6. The molecule has 1 aromatic carbocycles. The Morgan fingerprint density at radius 2 is 1.91 bits per heavy atom. The summed E-state index contributed by atoms with van der Waals surface area (Å²) in [6.07, 6.45) is 2.56. The second-order valence-electron chi connectivity index (χ2n) is 11.1. The van der Waals surface area contributed by atoms with Crippen LogP contribution >= 0.6 is 0 Å². The van der Waals surface area contributed by atoms with Gasteiger partial charge in [0.15, 0.2) is 14.6 Å². The molecular formula is C26H39N3O3Si. The van der Waals surface area contributed by atoms with Crippen molar-refractivity contribution in [3.8, 4) is 23.1 Å². The van der Waals surface area contributed by atoms with E-state index in [1.54, 1.807) is 4.68 Å². The van der Waals surface area contributed by atoms with Gasteiger partial charge >= 0.3 is 0 Å². The highest BCUT2D eigenvalue weighted by molar-refractivity contribution is 6.74. The molecule has 180 valence electrons. The van der Waals surface area contributed by atoms with Gasteiger partial charge in [-0.2, -0.15) is 0 Å². The first-order valence-electron chi connectivity index (χ1n) is 11.8. The quantitative estimate of drug-likeness (QED) is 0.425. The molecule has 1 fully saturated rings. The maximum atomic E-state index is 6.17. The highest BCUT2D eigenvalue weighted by atomic mass is 28.4. The first-order valence-corrected chi connectivity index (χ1v) is 14.7. The zero-order chi connectivity index (χ0) is 24.3. The zero-order valence-corrected chi connectivity index (χ0v) is 22.5. The van der Waals surface area contributed by atoms with Gasteiger partial charge in [-0.25, -0.2) is 4.68 Å². The summed E-state index contributed by atoms with van der Waals surface area (Å²) < 4.78 is 19.6. The van der Waals surface area contributed by atoms with Crippen LogP contribution in [0.1, 0.15) is 52.7 Å². The molecule has 0 aliphatic carbocycles. The van der Waals surface area contributed by atoms with Crippen molar-refractivity contribution in [3.05, 3.63) is 35.5 Å². The van der Waals surface area contributed by atoms with Crippen molar-refractivity contribution in [2.75, 3.05) is 19.8 Å². The average molecular weight is 470 g/mol. The Bertz CT molecular complexity index is 1000. The number of hydrogen-bond acceptors (Lipinski definition) is 5. The van der Waals surface area contributed by atoms with E-state index >= 15 is 0 Å². The van der Waals surface area contributed by atoms with Crippen molar-refractivity contribution >= 4 is 8.32 Å². The third-order valence-corrected chi connectivity index (χ3v) is 11.0. The lowest BCUT2D eigenvalue weighted by molar-refractivity contribution is -0.227. The Morgan fingerprint density at radius 1 is 1.21 bits per heavy atom. The van der Waals surface area contributed by atoms with Crippen molar-refractivity contribution in [1.82, 2.24) is 15.0 Å². The van der Waals surface area contributed by atoms with Crippen molar-refractivity contribution in [3.63, 3.8) is 0 Å². The van der Waals surface area contributed by atoms with Crippen molar-refractivity contribution in [2.45, 2.75) is 78.9 Å². The van der Waals surface area contributed by atoms with E-state index in [-0.39, 0.29) is 16.7 Å². The van der Waals surface area contributed by atoms with E-state index in [4.69, 9.17) is 13.9 Å². The van der Waals surface area contributed by atoms with Gasteiger partial charge < -0.3 is 13.9 Å². The van der Waals surface area contributed by atoms with Gasteiger partial charge in [-0.1, -0.05) is 64.7 Å². The van der Waals surface area contributed by atoms with Gasteiger partial charge in [-0.3, -0.25) is 0 Å². The summed E-state index contributed by atoms with van der Waals surface area (Å²) >= 11 is 0. The molecule has 0 N–H and O–H groups in total. The molecule has 1 saturated heterocycles. The fourth-order valence-corrected chi connectivity index (χ4v) is 4.15. The number of aromatic nitrogens is 3.